The molecule has 104 valence electrons. The minimum atomic E-state index is -0.297. The summed E-state index contributed by atoms with van der Waals surface area (Å²) in [6.45, 7) is 0.853. The third-order valence-electron chi connectivity index (χ3n) is 2.94. The molecule has 2 rings (SSSR count). The number of nitrogens with one attached hydrogen (secondary N) is 1. The minimum Gasteiger partial charge on any atom is -0.334 e. The van der Waals surface area contributed by atoms with Crippen molar-refractivity contribution in [2.75, 3.05) is 7.05 Å². The summed E-state index contributed by atoms with van der Waals surface area (Å²) in [4.78, 5) is 13.5. The molecule has 0 aliphatic rings. The Morgan fingerprint density at radius 2 is 1.80 bits per heavy atom. The van der Waals surface area contributed by atoms with Crippen molar-refractivity contribution in [2.45, 2.75) is 13.1 Å². The van der Waals surface area contributed by atoms with Crippen LogP contribution in [0.4, 0.5) is 9.18 Å². The summed E-state index contributed by atoms with van der Waals surface area (Å²) in [6, 6.07) is 15.8. The molecule has 0 radical (unpaired) electrons. The van der Waals surface area contributed by atoms with E-state index in [4.69, 9.17) is 0 Å². The predicted molar refractivity (Wildman–Crippen MR) is 76.5 cm³/mol. The highest BCUT2D eigenvalue weighted by molar-refractivity contribution is 5.73. The molecule has 1 N–H and O–H groups in total. The van der Waals surface area contributed by atoms with Gasteiger partial charge in [-0.1, -0.05) is 42.5 Å². The highest BCUT2D eigenvalue weighted by atomic mass is 19.1. The Morgan fingerprint density at radius 1 is 1.10 bits per heavy atom. The summed E-state index contributed by atoms with van der Waals surface area (Å²) in [5.74, 6) is -0.297. The summed E-state index contributed by atoms with van der Waals surface area (Å²) < 4.78 is 13.0. The van der Waals surface area contributed by atoms with Crippen LogP contribution in [0, 0.1) is 5.82 Å². The average Bonchev–Trinajstić information content (AvgIpc) is 2.46. The maximum absolute atomic E-state index is 13.0. The van der Waals surface area contributed by atoms with Crippen LogP contribution in [-0.2, 0) is 13.1 Å². The summed E-state index contributed by atoms with van der Waals surface area (Å²) in [5.41, 5.74) is 1.81. The lowest BCUT2D eigenvalue weighted by Gasteiger charge is -2.18. The molecule has 0 fully saturated rings. The van der Waals surface area contributed by atoms with Gasteiger partial charge in [0.2, 0.25) is 0 Å². The first-order valence-corrected chi connectivity index (χ1v) is 6.42. The van der Waals surface area contributed by atoms with Gasteiger partial charge in [0.25, 0.3) is 0 Å². The van der Waals surface area contributed by atoms with Crippen LogP contribution < -0.4 is 5.32 Å². The van der Waals surface area contributed by atoms with Gasteiger partial charge in [0.05, 0.1) is 0 Å². The van der Waals surface area contributed by atoms with Crippen LogP contribution in [0.1, 0.15) is 11.1 Å². The van der Waals surface area contributed by atoms with Crippen molar-refractivity contribution < 1.29 is 9.18 Å². The van der Waals surface area contributed by atoms with E-state index in [-0.39, 0.29) is 11.8 Å². The second-order valence-electron chi connectivity index (χ2n) is 4.63. The van der Waals surface area contributed by atoms with E-state index >= 15 is 0 Å². The number of rotatable bonds is 4. The van der Waals surface area contributed by atoms with Gasteiger partial charge in [-0.05, 0) is 23.3 Å². The Labute approximate surface area is 118 Å². The normalized spacial score (nSPS) is 10.1. The van der Waals surface area contributed by atoms with Gasteiger partial charge >= 0.3 is 6.03 Å². The molecule has 0 heterocycles. The molecular formula is C16H17FN2O. The van der Waals surface area contributed by atoms with E-state index in [0.717, 1.165) is 11.1 Å². The van der Waals surface area contributed by atoms with Crippen molar-refractivity contribution in [3.8, 4) is 0 Å². The molecule has 0 saturated heterocycles. The standard InChI is InChI=1S/C16H17FN2O/c1-19(12-13-6-3-2-4-7-13)16(20)18-11-14-8-5-9-15(17)10-14/h2-10H,11-12H2,1H3,(H,18,20). The van der Waals surface area contributed by atoms with E-state index in [1.807, 2.05) is 30.3 Å². The molecule has 4 heteroatoms. The van der Waals surface area contributed by atoms with Gasteiger partial charge < -0.3 is 10.2 Å². The number of carbonyl (C=O) groups excluding carboxylic acids is 1. The van der Waals surface area contributed by atoms with E-state index < -0.39 is 0 Å². The molecule has 0 aliphatic carbocycles. The van der Waals surface area contributed by atoms with Gasteiger partial charge in [0.15, 0.2) is 0 Å². The summed E-state index contributed by atoms with van der Waals surface area (Å²) >= 11 is 0. The Morgan fingerprint density at radius 3 is 2.50 bits per heavy atom. The summed E-state index contributed by atoms with van der Waals surface area (Å²) in [7, 11) is 1.73. The predicted octanol–water partition coefficient (Wildman–Crippen LogP) is 3.17. The second kappa shape index (κ2) is 6.70. The van der Waals surface area contributed by atoms with E-state index in [2.05, 4.69) is 5.32 Å². The van der Waals surface area contributed by atoms with Gasteiger partial charge in [-0.15, -0.1) is 0 Å². The van der Waals surface area contributed by atoms with Crippen LogP contribution in [0.5, 0.6) is 0 Å². The Hall–Kier alpha value is -2.36. The SMILES string of the molecule is CN(Cc1ccccc1)C(=O)NCc1cccc(F)c1. The van der Waals surface area contributed by atoms with E-state index in [9.17, 15) is 9.18 Å². The third kappa shape index (κ3) is 4.09. The van der Waals surface area contributed by atoms with Crippen LogP contribution in [0.2, 0.25) is 0 Å². The molecule has 2 aromatic rings. The van der Waals surface area contributed by atoms with Crippen molar-refractivity contribution in [1.82, 2.24) is 10.2 Å². The van der Waals surface area contributed by atoms with Crippen molar-refractivity contribution in [2.24, 2.45) is 0 Å². The molecule has 0 spiro atoms. The molecule has 0 aromatic heterocycles. The van der Waals surface area contributed by atoms with E-state index in [1.165, 1.54) is 12.1 Å². The molecule has 0 bridgehead atoms. The van der Waals surface area contributed by atoms with Crippen LogP contribution in [0.3, 0.4) is 0 Å². The number of amides is 2. The Balaban J connectivity index is 1.85. The van der Waals surface area contributed by atoms with Crippen LogP contribution >= 0.6 is 0 Å². The quantitative estimate of drug-likeness (QED) is 0.911. The lowest BCUT2D eigenvalue weighted by atomic mass is 10.2. The summed E-state index contributed by atoms with van der Waals surface area (Å²) in [5, 5.41) is 2.77. The van der Waals surface area contributed by atoms with Gasteiger partial charge in [-0.2, -0.15) is 0 Å². The largest absolute Gasteiger partial charge is 0.334 e. The lowest BCUT2D eigenvalue weighted by molar-refractivity contribution is 0.206. The topological polar surface area (TPSA) is 32.3 Å². The zero-order valence-corrected chi connectivity index (χ0v) is 11.3. The first kappa shape index (κ1) is 14.1. The number of hydrogen-bond acceptors (Lipinski definition) is 1. The lowest BCUT2D eigenvalue weighted by Crippen LogP contribution is -2.36. The summed E-state index contributed by atoms with van der Waals surface area (Å²) in [6.07, 6.45) is 0. The monoisotopic (exact) mass is 272 g/mol. The van der Waals surface area contributed by atoms with Crippen molar-refractivity contribution >= 4 is 6.03 Å². The minimum absolute atomic E-state index is 0.182. The third-order valence-corrected chi connectivity index (χ3v) is 2.94. The fraction of sp³-hybridized carbons (Fsp3) is 0.188. The van der Waals surface area contributed by atoms with E-state index in [1.54, 1.807) is 24.1 Å². The van der Waals surface area contributed by atoms with Crippen LogP contribution in [0.25, 0.3) is 0 Å². The van der Waals surface area contributed by atoms with Crippen molar-refractivity contribution in [1.29, 1.82) is 0 Å². The van der Waals surface area contributed by atoms with E-state index in [0.29, 0.717) is 13.1 Å². The van der Waals surface area contributed by atoms with Gasteiger partial charge in [-0.3, -0.25) is 0 Å². The number of carbonyl (C=O) groups is 1. The van der Waals surface area contributed by atoms with Crippen molar-refractivity contribution in [3.63, 3.8) is 0 Å². The molecule has 0 saturated carbocycles. The maximum atomic E-state index is 13.0. The zero-order valence-electron chi connectivity index (χ0n) is 11.3. The Kier molecular flexibility index (Phi) is 4.71. The number of urea groups is 1. The molecule has 20 heavy (non-hydrogen) atoms. The van der Waals surface area contributed by atoms with Gasteiger partial charge in [0.1, 0.15) is 5.82 Å². The number of nitrogens with zero attached hydrogens (tertiary/aromatic N) is 1. The number of hydrogen-bond donors (Lipinski definition) is 1. The second-order valence-corrected chi connectivity index (χ2v) is 4.63. The fourth-order valence-electron chi connectivity index (χ4n) is 1.89. The maximum Gasteiger partial charge on any atom is 0.317 e. The smallest absolute Gasteiger partial charge is 0.317 e. The first-order chi connectivity index (χ1) is 9.65. The number of halogens is 1. The van der Waals surface area contributed by atoms with Crippen molar-refractivity contribution in [3.05, 3.63) is 71.5 Å². The molecule has 0 atom stereocenters. The molecule has 0 aliphatic heterocycles. The molecule has 0 unspecified atom stereocenters. The highest BCUT2D eigenvalue weighted by Gasteiger charge is 2.08. The van der Waals surface area contributed by atoms with Crippen LogP contribution in [0.15, 0.2) is 54.6 Å². The first-order valence-electron chi connectivity index (χ1n) is 6.42. The highest BCUT2D eigenvalue weighted by Crippen LogP contribution is 2.05. The molecular weight excluding hydrogens is 255 g/mol. The average molecular weight is 272 g/mol. The molecule has 2 aromatic carbocycles. The zero-order chi connectivity index (χ0) is 14.4. The number of benzene rings is 2. The fourth-order valence-corrected chi connectivity index (χ4v) is 1.89. The van der Waals surface area contributed by atoms with Gasteiger partial charge in [0, 0.05) is 20.1 Å². The Bertz CT molecular complexity index is 572. The molecule has 2 amide bonds. The van der Waals surface area contributed by atoms with Gasteiger partial charge in [-0.25, -0.2) is 9.18 Å². The molecule has 3 nitrogen and oxygen atoms in total. The van der Waals surface area contributed by atoms with Crippen LogP contribution in [-0.4, -0.2) is 18.0 Å².